The number of carbonyl (C=O) groups is 1. The summed E-state index contributed by atoms with van der Waals surface area (Å²) >= 11 is 0. The van der Waals surface area contributed by atoms with Gasteiger partial charge in [-0.2, -0.15) is 0 Å². The van der Waals surface area contributed by atoms with Gasteiger partial charge in [-0.3, -0.25) is 0 Å². The van der Waals surface area contributed by atoms with Crippen molar-refractivity contribution < 1.29 is 4.79 Å². The highest BCUT2D eigenvalue weighted by atomic mass is 16.2. The van der Waals surface area contributed by atoms with Crippen molar-refractivity contribution in [3.8, 4) is 0 Å². The van der Waals surface area contributed by atoms with Crippen LogP contribution in [-0.4, -0.2) is 29.6 Å². The highest BCUT2D eigenvalue weighted by Gasteiger charge is 2.46. The van der Waals surface area contributed by atoms with E-state index in [2.05, 4.69) is 10.2 Å². The lowest BCUT2D eigenvalue weighted by Gasteiger charge is -2.26. The molecule has 0 radical (unpaired) electrons. The van der Waals surface area contributed by atoms with Gasteiger partial charge in [-0.05, 0) is 38.0 Å². The first-order chi connectivity index (χ1) is 6.34. The summed E-state index contributed by atoms with van der Waals surface area (Å²) in [6, 6.07) is 1.31. The summed E-state index contributed by atoms with van der Waals surface area (Å²) in [7, 11) is 0. The molecule has 2 atom stereocenters. The number of nitrogens with one attached hydrogen (secondary N) is 1. The average Bonchev–Trinajstić information content (AvgIpc) is 2.97. The van der Waals surface area contributed by atoms with E-state index in [9.17, 15) is 4.79 Å². The van der Waals surface area contributed by atoms with Gasteiger partial charge in [-0.1, -0.05) is 0 Å². The Morgan fingerprint density at radius 2 is 2.15 bits per heavy atom. The lowest BCUT2D eigenvalue weighted by atomic mass is 10.1. The first-order valence-electron chi connectivity index (χ1n) is 5.42. The number of nitrogens with zero attached hydrogens (tertiary/aromatic N) is 1. The van der Waals surface area contributed by atoms with Gasteiger partial charge in [0.1, 0.15) is 0 Å². The molecule has 0 aromatic carbocycles. The van der Waals surface area contributed by atoms with Crippen LogP contribution in [0.2, 0.25) is 0 Å². The van der Waals surface area contributed by atoms with E-state index in [-0.39, 0.29) is 6.03 Å². The van der Waals surface area contributed by atoms with E-state index in [4.69, 9.17) is 0 Å². The van der Waals surface area contributed by atoms with Gasteiger partial charge in [0.2, 0.25) is 0 Å². The average molecular weight is 180 g/mol. The largest absolute Gasteiger partial charge is 0.335 e. The first kappa shape index (κ1) is 7.65. The Hall–Kier alpha value is -0.730. The van der Waals surface area contributed by atoms with Crippen molar-refractivity contribution in [2.24, 2.45) is 5.92 Å². The van der Waals surface area contributed by atoms with Crippen LogP contribution in [0.15, 0.2) is 0 Å². The van der Waals surface area contributed by atoms with Gasteiger partial charge in [0.15, 0.2) is 0 Å². The quantitative estimate of drug-likeness (QED) is 0.649. The van der Waals surface area contributed by atoms with Gasteiger partial charge in [0.05, 0.1) is 0 Å². The standard InChI is InChI=1S/C10H16N2O/c13-10(11-8-3-4-8)12-5-1-2-7-6-9(7)12/h7-9H,1-6H2,(H,11,13)/t7-,9+/m1/s1. The number of rotatable bonds is 1. The summed E-state index contributed by atoms with van der Waals surface area (Å²) in [6.45, 7) is 0.986. The smallest absolute Gasteiger partial charge is 0.317 e. The molecule has 0 aromatic rings. The summed E-state index contributed by atoms with van der Waals surface area (Å²) in [5.74, 6) is 0.846. The third kappa shape index (κ3) is 1.40. The van der Waals surface area contributed by atoms with Crippen LogP contribution in [-0.2, 0) is 0 Å². The molecule has 3 fully saturated rings. The van der Waals surface area contributed by atoms with Crippen molar-refractivity contribution in [1.82, 2.24) is 10.2 Å². The Bertz CT molecular complexity index is 237. The molecular formula is C10H16N2O. The van der Waals surface area contributed by atoms with Gasteiger partial charge in [-0.25, -0.2) is 4.79 Å². The van der Waals surface area contributed by atoms with Crippen molar-refractivity contribution >= 4 is 6.03 Å². The Kier molecular flexibility index (Phi) is 1.55. The second-order valence-corrected chi connectivity index (χ2v) is 4.62. The number of amides is 2. The van der Waals surface area contributed by atoms with Crippen LogP contribution in [0.4, 0.5) is 4.79 Å². The number of fused-ring (bicyclic) bond motifs is 1. The number of hydrogen-bond acceptors (Lipinski definition) is 1. The second-order valence-electron chi connectivity index (χ2n) is 4.62. The fraction of sp³-hybridized carbons (Fsp3) is 0.900. The fourth-order valence-electron chi connectivity index (χ4n) is 2.35. The van der Waals surface area contributed by atoms with Crippen molar-refractivity contribution in [1.29, 1.82) is 0 Å². The molecule has 2 saturated carbocycles. The monoisotopic (exact) mass is 180 g/mol. The van der Waals surface area contributed by atoms with E-state index >= 15 is 0 Å². The molecule has 72 valence electrons. The van der Waals surface area contributed by atoms with Crippen LogP contribution in [0.1, 0.15) is 32.1 Å². The zero-order valence-electron chi connectivity index (χ0n) is 7.83. The van der Waals surface area contributed by atoms with Crippen molar-refractivity contribution in [3.63, 3.8) is 0 Å². The molecule has 0 bridgehead atoms. The Morgan fingerprint density at radius 1 is 1.31 bits per heavy atom. The summed E-state index contributed by atoms with van der Waals surface area (Å²) in [5.41, 5.74) is 0. The summed E-state index contributed by atoms with van der Waals surface area (Å²) in [4.78, 5) is 13.8. The minimum absolute atomic E-state index is 0.203. The molecule has 2 amide bonds. The number of piperidine rings is 1. The molecule has 1 N–H and O–H groups in total. The zero-order chi connectivity index (χ0) is 8.84. The van der Waals surface area contributed by atoms with Crippen LogP contribution < -0.4 is 5.32 Å². The Balaban J connectivity index is 1.59. The molecule has 3 rings (SSSR count). The number of urea groups is 1. The molecule has 3 nitrogen and oxygen atoms in total. The minimum Gasteiger partial charge on any atom is -0.335 e. The topological polar surface area (TPSA) is 32.3 Å². The maximum atomic E-state index is 11.7. The van der Waals surface area contributed by atoms with Gasteiger partial charge in [0, 0.05) is 18.6 Å². The first-order valence-corrected chi connectivity index (χ1v) is 5.42. The van der Waals surface area contributed by atoms with Crippen LogP contribution in [0.3, 0.4) is 0 Å². The molecular weight excluding hydrogens is 164 g/mol. The predicted molar refractivity (Wildman–Crippen MR) is 49.4 cm³/mol. The van der Waals surface area contributed by atoms with E-state index in [0.717, 1.165) is 12.5 Å². The second kappa shape index (κ2) is 2.63. The van der Waals surface area contributed by atoms with Crippen molar-refractivity contribution in [2.75, 3.05) is 6.54 Å². The van der Waals surface area contributed by atoms with Gasteiger partial charge >= 0.3 is 6.03 Å². The van der Waals surface area contributed by atoms with E-state index in [0.29, 0.717) is 12.1 Å². The maximum Gasteiger partial charge on any atom is 0.317 e. The summed E-state index contributed by atoms with van der Waals surface area (Å²) in [5, 5.41) is 3.07. The van der Waals surface area contributed by atoms with E-state index in [1.165, 1.54) is 32.1 Å². The van der Waals surface area contributed by atoms with E-state index < -0.39 is 0 Å². The Labute approximate surface area is 78.5 Å². The summed E-state index contributed by atoms with van der Waals surface area (Å²) in [6.07, 6.45) is 6.19. The SMILES string of the molecule is O=C(NC1CC1)N1CCC[C@@H]2C[C@@H]21. The van der Waals surface area contributed by atoms with Crippen LogP contribution >= 0.6 is 0 Å². The summed E-state index contributed by atoms with van der Waals surface area (Å²) < 4.78 is 0. The minimum atomic E-state index is 0.203. The molecule has 3 heteroatoms. The lowest BCUT2D eigenvalue weighted by molar-refractivity contribution is 0.181. The molecule has 3 aliphatic rings. The number of hydrogen-bond donors (Lipinski definition) is 1. The van der Waals surface area contributed by atoms with Crippen molar-refractivity contribution in [3.05, 3.63) is 0 Å². The zero-order valence-corrected chi connectivity index (χ0v) is 7.83. The molecule has 0 aromatic heterocycles. The van der Waals surface area contributed by atoms with Crippen LogP contribution in [0, 0.1) is 5.92 Å². The molecule has 13 heavy (non-hydrogen) atoms. The third-order valence-electron chi connectivity index (χ3n) is 3.43. The van der Waals surface area contributed by atoms with Crippen molar-refractivity contribution in [2.45, 2.75) is 44.2 Å². The van der Waals surface area contributed by atoms with Crippen LogP contribution in [0.5, 0.6) is 0 Å². The number of likely N-dealkylation sites (tertiary alicyclic amines) is 1. The Morgan fingerprint density at radius 3 is 2.92 bits per heavy atom. The normalized spacial score (nSPS) is 36.8. The number of carbonyl (C=O) groups excluding carboxylic acids is 1. The maximum absolute atomic E-state index is 11.7. The van der Waals surface area contributed by atoms with Gasteiger partial charge in [-0.15, -0.1) is 0 Å². The predicted octanol–water partition coefficient (Wildman–Crippen LogP) is 1.34. The van der Waals surface area contributed by atoms with E-state index in [1.807, 2.05) is 0 Å². The molecule has 1 aliphatic heterocycles. The third-order valence-corrected chi connectivity index (χ3v) is 3.43. The van der Waals surface area contributed by atoms with E-state index in [1.54, 1.807) is 0 Å². The fourth-order valence-corrected chi connectivity index (χ4v) is 2.35. The van der Waals surface area contributed by atoms with Gasteiger partial charge in [0.25, 0.3) is 0 Å². The lowest BCUT2D eigenvalue weighted by Crippen LogP contribution is -2.44. The molecule has 1 saturated heterocycles. The molecule has 2 aliphatic carbocycles. The van der Waals surface area contributed by atoms with Gasteiger partial charge < -0.3 is 10.2 Å². The molecule has 0 spiro atoms. The highest BCUT2D eigenvalue weighted by molar-refractivity contribution is 5.75. The molecule has 1 heterocycles. The van der Waals surface area contributed by atoms with Crippen LogP contribution in [0.25, 0.3) is 0 Å². The highest BCUT2D eigenvalue weighted by Crippen LogP contribution is 2.43. The molecule has 0 unspecified atom stereocenters.